The zero-order valence-corrected chi connectivity index (χ0v) is 9.94. The Morgan fingerprint density at radius 2 is 2.12 bits per heavy atom. The fourth-order valence-corrected chi connectivity index (χ4v) is 1.55. The minimum Gasteiger partial charge on any atom is -0.467 e. The summed E-state index contributed by atoms with van der Waals surface area (Å²) in [6, 6.07) is 5.71. The quantitative estimate of drug-likeness (QED) is 0.801. The van der Waals surface area contributed by atoms with Crippen molar-refractivity contribution in [3.05, 3.63) is 47.8 Å². The number of rotatable bonds is 7. The average molecular weight is 235 g/mol. The minimum absolute atomic E-state index is 0.467. The molecule has 0 spiro atoms. The molecule has 0 fully saturated rings. The molecule has 0 aliphatic rings. The first kappa shape index (κ1) is 12.0. The van der Waals surface area contributed by atoms with Crippen LogP contribution in [0.2, 0.25) is 0 Å². The van der Waals surface area contributed by atoms with E-state index in [4.69, 9.17) is 13.6 Å². The molecule has 2 rings (SSSR count). The monoisotopic (exact) mass is 235 g/mol. The van der Waals surface area contributed by atoms with Gasteiger partial charge in [0.1, 0.15) is 24.7 Å². The Balaban J connectivity index is 1.80. The molecule has 4 heteroatoms. The molecule has 92 valence electrons. The van der Waals surface area contributed by atoms with Gasteiger partial charge in [0.05, 0.1) is 12.5 Å². The van der Waals surface area contributed by atoms with Gasteiger partial charge < -0.3 is 18.9 Å². The van der Waals surface area contributed by atoms with E-state index in [2.05, 4.69) is 12.2 Å². The lowest BCUT2D eigenvalue weighted by Gasteiger charge is -2.03. The number of furan rings is 2. The summed E-state index contributed by atoms with van der Waals surface area (Å²) in [5, 5.41) is 3.26. The van der Waals surface area contributed by atoms with E-state index in [1.807, 2.05) is 18.2 Å². The molecule has 0 aliphatic heterocycles. The van der Waals surface area contributed by atoms with Crippen molar-refractivity contribution >= 4 is 0 Å². The van der Waals surface area contributed by atoms with Gasteiger partial charge in [-0.3, -0.25) is 0 Å². The molecule has 0 amide bonds. The molecule has 0 bridgehead atoms. The Labute approximate surface area is 101 Å². The van der Waals surface area contributed by atoms with Gasteiger partial charge in [0.2, 0.25) is 0 Å². The van der Waals surface area contributed by atoms with Crippen LogP contribution in [-0.4, -0.2) is 6.54 Å². The van der Waals surface area contributed by atoms with Crippen molar-refractivity contribution in [3.8, 4) is 0 Å². The van der Waals surface area contributed by atoms with Crippen molar-refractivity contribution in [3.63, 3.8) is 0 Å². The molecule has 0 saturated carbocycles. The number of nitrogens with one attached hydrogen (secondary N) is 1. The van der Waals surface area contributed by atoms with Crippen molar-refractivity contribution in [1.29, 1.82) is 0 Å². The predicted molar refractivity (Wildman–Crippen MR) is 63.3 cm³/mol. The van der Waals surface area contributed by atoms with Crippen LogP contribution in [0.25, 0.3) is 0 Å². The lowest BCUT2D eigenvalue weighted by Crippen LogP contribution is -2.12. The van der Waals surface area contributed by atoms with Crippen LogP contribution >= 0.6 is 0 Å². The third-order valence-corrected chi connectivity index (χ3v) is 2.46. The first-order chi connectivity index (χ1) is 8.40. The summed E-state index contributed by atoms with van der Waals surface area (Å²) in [5.41, 5.74) is 1.14. The highest BCUT2D eigenvalue weighted by molar-refractivity contribution is 5.16. The van der Waals surface area contributed by atoms with E-state index in [0.29, 0.717) is 13.2 Å². The van der Waals surface area contributed by atoms with E-state index in [0.717, 1.165) is 30.2 Å². The fourth-order valence-electron chi connectivity index (χ4n) is 1.55. The van der Waals surface area contributed by atoms with Crippen LogP contribution in [0.4, 0.5) is 0 Å². The van der Waals surface area contributed by atoms with E-state index in [1.165, 1.54) is 0 Å². The molecule has 4 nitrogen and oxygen atoms in total. The second-order valence-electron chi connectivity index (χ2n) is 3.72. The summed E-state index contributed by atoms with van der Waals surface area (Å²) in [5.74, 6) is 1.70. The zero-order chi connectivity index (χ0) is 11.9. The fraction of sp³-hybridized carbons (Fsp3) is 0.385. The molecule has 2 heterocycles. The van der Waals surface area contributed by atoms with Crippen LogP contribution in [0.1, 0.15) is 24.0 Å². The Bertz CT molecular complexity index is 420. The molecule has 0 aliphatic carbocycles. The molecule has 1 N–H and O–H groups in total. The van der Waals surface area contributed by atoms with Crippen molar-refractivity contribution < 1.29 is 13.6 Å². The molecular formula is C13H17NO3. The van der Waals surface area contributed by atoms with Gasteiger partial charge >= 0.3 is 0 Å². The normalized spacial score (nSPS) is 10.9. The second-order valence-corrected chi connectivity index (χ2v) is 3.72. The highest BCUT2D eigenvalue weighted by Gasteiger charge is 2.06. The summed E-state index contributed by atoms with van der Waals surface area (Å²) >= 11 is 0. The molecule has 0 aromatic carbocycles. The van der Waals surface area contributed by atoms with Crippen LogP contribution in [0.3, 0.4) is 0 Å². The highest BCUT2D eigenvalue weighted by Crippen LogP contribution is 2.13. The second kappa shape index (κ2) is 6.27. The SMILES string of the molecule is CCNCc1ccoc1COCc1ccco1. The van der Waals surface area contributed by atoms with Gasteiger partial charge in [-0.05, 0) is 24.7 Å². The maximum absolute atomic E-state index is 5.53. The molecule has 2 aromatic heterocycles. The molecule has 17 heavy (non-hydrogen) atoms. The number of hydrogen-bond donors (Lipinski definition) is 1. The maximum Gasteiger partial charge on any atom is 0.133 e. The van der Waals surface area contributed by atoms with Crippen molar-refractivity contribution in [1.82, 2.24) is 5.32 Å². The van der Waals surface area contributed by atoms with Gasteiger partial charge in [0.15, 0.2) is 0 Å². The molecular weight excluding hydrogens is 218 g/mol. The van der Waals surface area contributed by atoms with Crippen LogP contribution in [0.15, 0.2) is 39.6 Å². The van der Waals surface area contributed by atoms with Crippen LogP contribution in [0.5, 0.6) is 0 Å². The summed E-state index contributed by atoms with van der Waals surface area (Å²) in [4.78, 5) is 0. The third kappa shape index (κ3) is 3.47. The lowest BCUT2D eigenvalue weighted by atomic mass is 10.2. The molecule has 0 saturated heterocycles. The Morgan fingerprint density at radius 1 is 1.18 bits per heavy atom. The molecule has 2 aromatic rings. The van der Waals surface area contributed by atoms with Crippen LogP contribution in [0, 0.1) is 0 Å². The Hall–Kier alpha value is -1.52. The van der Waals surface area contributed by atoms with Crippen LogP contribution < -0.4 is 5.32 Å². The standard InChI is InChI=1S/C13H17NO3/c1-2-14-8-11-5-7-17-13(11)10-15-9-12-4-3-6-16-12/h3-7,14H,2,8-10H2,1H3. The molecule has 0 radical (unpaired) electrons. The Morgan fingerprint density at radius 3 is 2.88 bits per heavy atom. The Kier molecular flexibility index (Phi) is 4.41. The third-order valence-electron chi connectivity index (χ3n) is 2.46. The van der Waals surface area contributed by atoms with Gasteiger partial charge in [-0.25, -0.2) is 0 Å². The topological polar surface area (TPSA) is 47.5 Å². The van der Waals surface area contributed by atoms with Crippen LogP contribution in [-0.2, 0) is 24.5 Å². The van der Waals surface area contributed by atoms with Crippen molar-refractivity contribution in [2.75, 3.05) is 6.54 Å². The zero-order valence-electron chi connectivity index (χ0n) is 9.94. The maximum atomic E-state index is 5.53. The summed E-state index contributed by atoms with van der Waals surface area (Å²) in [6.07, 6.45) is 3.33. The lowest BCUT2D eigenvalue weighted by molar-refractivity contribution is 0.0796. The predicted octanol–water partition coefficient (Wildman–Crippen LogP) is 2.70. The van der Waals surface area contributed by atoms with Gasteiger partial charge in [-0.15, -0.1) is 0 Å². The van der Waals surface area contributed by atoms with E-state index < -0.39 is 0 Å². The summed E-state index contributed by atoms with van der Waals surface area (Å²) in [6.45, 7) is 4.76. The highest BCUT2D eigenvalue weighted by atomic mass is 16.5. The van der Waals surface area contributed by atoms with E-state index in [9.17, 15) is 0 Å². The summed E-state index contributed by atoms with van der Waals surface area (Å²) in [7, 11) is 0. The van der Waals surface area contributed by atoms with Gasteiger partial charge in [-0.2, -0.15) is 0 Å². The first-order valence-electron chi connectivity index (χ1n) is 5.76. The minimum atomic E-state index is 0.467. The molecule has 0 unspecified atom stereocenters. The van der Waals surface area contributed by atoms with Gasteiger partial charge in [0.25, 0.3) is 0 Å². The molecule has 0 atom stereocenters. The van der Waals surface area contributed by atoms with Gasteiger partial charge in [0, 0.05) is 12.1 Å². The average Bonchev–Trinajstić information content (AvgIpc) is 2.98. The van der Waals surface area contributed by atoms with E-state index in [-0.39, 0.29) is 0 Å². The van der Waals surface area contributed by atoms with Crippen molar-refractivity contribution in [2.24, 2.45) is 0 Å². The summed E-state index contributed by atoms with van der Waals surface area (Å²) < 4.78 is 16.1. The van der Waals surface area contributed by atoms with E-state index >= 15 is 0 Å². The first-order valence-corrected chi connectivity index (χ1v) is 5.76. The largest absolute Gasteiger partial charge is 0.467 e. The van der Waals surface area contributed by atoms with Crippen molar-refractivity contribution in [2.45, 2.75) is 26.7 Å². The van der Waals surface area contributed by atoms with E-state index in [1.54, 1.807) is 12.5 Å². The number of hydrogen-bond acceptors (Lipinski definition) is 4. The number of ether oxygens (including phenoxy) is 1. The van der Waals surface area contributed by atoms with Gasteiger partial charge in [-0.1, -0.05) is 6.92 Å². The smallest absolute Gasteiger partial charge is 0.133 e.